The van der Waals surface area contributed by atoms with E-state index >= 15 is 0 Å². The van der Waals surface area contributed by atoms with E-state index in [4.69, 9.17) is 0 Å². The molecule has 0 N–H and O–H groups in total. The van der Waals surface area contributed by atoms with Crippen LogP contribution in [0.25, 0.3) is 0 Å². The Kier molecular flexibility index (Phi) is 5.41. The van der Waals surface area contributed by atoms with Crippen LogP contribution < -0.4 is 0 Å². The third kappa shape index (κ3) is 3.65. The second-order valence-corrected chi connectivity index (χ2v) is 6.44. The Morgan fingerprint density at radius 1 is 1.33 bits per heavy atom. The molecule has 0 aliphatic heterocycles. The van der Waals surface area contributed by atoms with Gasteiger partial charge in [-0.25, -0.2) is 9.67 Å². The summed E-state index contributed by atoms with van der Waals surface area (Å²) in [5.41, 5.74) is 1.14. The first-order valence-electron chi connectivity index (χ1n) is 7.48. The zero-order valence-electron chi connectivity index (χ0n) is 13.5. The number of aromatic nitrogens is 5. The lowest BCUT2D eigenvalue weighted by molar-refractivity contribution is 0.244. The van der Waals surface area contributed by atoms with Crippen LogP contribution in [0.3, 0.4) is 0 Å². The molecule has 2 aromatic rings. The lowest BCUT2D eigenvalue weighted by Gasteiger charge is -2.23. The van der Waals surface area contributed by atoms with Crippen LogP contribution in [0.2, 0.25) is 0 Å². The predicted molar refractivity (Wildman–Crippen MR) is 84.2 cm³/mol. The molecule has 0 saturated heterocycles. The van der Waals surface area contributed by atoms with Gasteiger partial charge in [-0.2, -0.15) is 0 Å². The lowest BCUT2D eigenvalue weighted by atomic mass is 10.2. The SMILES string of the molecule is CCCn1nnnc1CN(C)C(C)c1sc(CC)nc1C. The van der Waals surface area contributed by atoms with Gasteiger partial charge in [0.2, 0.25) is 0 Å². The van der Waals surface area contributed by atoms with Crippen molar-refractivity contribution in [3.05, 3.63) is 21.4 Å². The molecule has 7 heteroatoms. The fourth-order valence-corrected chi connectivity index (χ4v) is 3.41. The van der Waals surface area contributed by atoms with Crippen molar-refractivity contribution >= 4 is 11.3 Å². The van der Waals surface area contributed by atoms with Gasteiger partial charge in [0.1, 0.15) is 0 Å². The van der Waals surface area contributed by atoms with E-state index in [-0.39, 0.29) is 0 Å². The van der Waals surface area contributed by atoms with Crippen LogP contribution >= 0.6 is 11.3 Å². The summed E-state index contributed by atoms with van der Waals surface area (Å²) in [7, 11) is 2.11. The molecule has 2 heterocycles. The Hall–Kier alpha value is -1.34. The highest BCUT2D eigenvalue weighted by molar-refractivity contribution is 7.11. The Bertz CT molecular complexity index is 576. The molecule has 0 saturated carbocycles. The van der Waals surface area contributed by atoms with E-state index in [0.717, 1.165) is 37.4 Å². The number of thiazole rings is 1. The topological polar surface area (TPSA) is 59.7 Å². The number of tetrazole rings is 1. The van der Waals surface area contributed by atoms with Crippen LogP contribution in [0.4, 0.5) is 0 Å². The van der Waals surface area contributed by atoms with Crippen molar-refractivity contribution in [2.75, 3.05) is 7.05 Å². The molecule has 0 aliphatic carbocycles. The van der Waals surface area contributed by atoms with Gasteiger partial charge < -0.3 is 0 Å². The maximum absolute atomic E-state index is 4.62. The number of aryl methyl sites for hydroxylation is 3. The van der Waals surface area contributed by atoms with Crippen molar-refractivity contribution in [1.82, 2.24) is 30.1 Å². The van der Waals surface area contributed by atoms with Gasteiger partial charge in [0, 0.05) is 17.5 Å². The van der Waals surface area contributed by atoms with Crippen LogP contribution in [-0.4, -0.2) is 37.1 Å². The molecule has 0 aliphatic rings. The van der Waals surface area contributed by atoms with E-state index in [1.54, 1.807) is 0 Å². The predicted octanol–water partition coefficient (Wildman–Crippen LogP) is 2.60. The highest BCUT2D eigenvalue weighted by atomic mass is 32.1. The summed E-state index contributed by atoms with van der Waals surface area (Å²) < 4.78 is 1.89. The van der Waals surface area contributed by atoms with E-state index in [1.165, 1.54) is 9.88 Å². The molecule has 116 valence electrons. The highest BCUT2D eigenvalue weighted by Crippen LogP contribution is 2.29. The molecule has 0 bridgehead atoms. The van der Waals surface area contributed by atoms with Crippen molar-refractivity contribution in [3.63, 3.8) is 0 Å². The maximum atomic E-state index is 4.62. The average molecular weight is 308 g/mol. The van der Waals surface area contributed by atoms with Crippen molar-refractivity contribution in [3.8, 4) is 0 Å². The van der Waals surface area contributed by atoms with E-state index in [1.807, 2.05) is 16.0 Å². The summed E-state index contributed by atoms with van der Waals surface area (Å²) in [6.07, 6.45) is 2.03. The van der Waals surface area contributed by atoms with Gasteiger partial charge in [-0.3, -0.25) is 4.90 Å². The van der Waals surface area contributed by atoms with Gasteiger partial charge in [-0.1, -0.05) is 13.8 Å². The molecule has 1 atom stereocenters. The molecule has 21 heavy (non-hydrogen) atoms. The number of hydrogen-bond donors (Lipinski definition) is 0. The molecule has 0 amide bonds. The summed E-state index contributed by atoms with van der Waals surface area (Å²) in [6.45, 7) is 10.2. The zero-order chi connectivity index (χ0) is 15.4. The third-order valence-corrected chi connectivity index (χ3v) is 5.12. The quantitative estimate of drug-likeness (QED) is 0.787. The first-order chi connectivity index (χ1) is 10.1. The van der Waals surface area contributed by atoms with Crippen molar-refractivity contribution in [2.45, 2.75) is 59.7 Å². The Balaban J connectivity index is 2.09. The smallest absolute Gasteiger partial charge is 0.165 e. The summed E-state index contributed by atoms with van der Waals surface area (Å²) >= 11 is 1.81. The standard InChI is InChI=1S/C14H24N6S/c1-6-8-20-12(16-17-18-20)9-19(5)11(4)14-10(3)15-13(7-2)21-14/h11H,6-9H2,1-5H3. The Morgan fingerprint density at radius 2 is 2.10 bits per heavy atom. The minimum atomic E-state index is 0.314. The van der Waals surface area contributed by atoms with Crippen LogP contribution in [0.5, 0.6) is 0 Å². The van der Waals surface area contributed by atoms with Crippen LogP contribution in [0.1, 0.15) is 54.6 Å². The average Bonchev–Trinajstić information content (AvgIpc) is 3.05. The maximum Gasteiger partial charge on any atom is 0.165 e. The van der Waals surface area contributed by atoms with Crippen LogP contribution in [0, 0.1) is 6.92 Å². The zero-order valence-corrected chi connectivity index (χ0v) is 14.3. The normalized spacial score (nSPS) is 13.0. The Labute approximate surface area is 130 Å². The fraction of sp³-hybridized carbons (Fsp3) is 0.714. The first-order valence-corrected chi connectivity index (χ1v) is 8.29. The van der Waals surface area contributed by atoms with Crippen molar-refractivity contribution in [1.29, 1.82) is 0 Å². The second kappa shape index (κ2) is 7.09. The molecule has 2 rings (SSSR count). The first kappa shape index (κ1) is 16.0. The van der Waals surface area contributed by atoms with Crippen molar-refractivity contribution in [2.24, 2.45) is 0 Å². The van der Waals surface area contributed by atoms with Crippen LogP contribution in [-0.2, 0) is 19.5 Å². The fourth-order valence-electron chi connectivity index (χ4n) is 2.29. The minimum absolute atomic E-state index is 0.314. The molecule has 6 nitrogen and oxygen atoms in total. The van der Waals surface area contributed by atoms with Gasteiger partial charge in [0.05, 0.1) is 17.2 Å². The van der Waals surface area contributed by atoms with E-state index < -0.39 is 0 Å². The summed E-state index contributed by atoms with van der Waals surface area (Å²) in [5, 5.41) is 13.2. The van der Waals surface area contributed by atoms with Gasteiger partial charge in [0.25, 0.3) is 0 Å². The largest absolute Gasteiger partial charge is 0.291 e. The lowest BCUT2D eigenvalue weighted by Crippen LogP contribution is -2.24. The number of rotatable bonds is 7. The summed E-state index contributed by atoms with van der Waals surface area (Å²) in [6, 6.07) is 0.314. The van der Waals surface area contributed by atoms with E-state index in [0.29, 0.717) is 6.04 Å². The second-order valence-electron chi connectivity index (χ2n) is 5.32. The molecule has 0 aromatic carbocycles. The van der Waals surface area contributed by atoms with Gasteiger partial charge in [0.15, 0.2) is 5.82 Å². The molecule has 0 fully saturated rings. The monoisotopic (exact) mass is 308 g/mol. The Morgan fingerprint density at radius 3 is 2.71 bits per heavy atom. The summed E-state index contributed by atoms with van der Waals surface area (Å²) in [5.74, 6) is 0.920. The number of hydrogen-bond acceptors (Lipinski definition) is 6. The molecular formula is C14H24N6S. The van der Waals surface area contributed by atoms with Crippen LogP contribution in [0.15, 0.2) is 0 Å². The van der Waals surface area contributed by atoms with Gasteiger partial charge in [-0.05, 0) is 44.2 Å². The molecule has 1 unspecified atom stereocenters. The van der Waals surface area contributed by atoms with E-state index in [2.05, 4.69) is 60.2 Å². The minimum Gasteiger partial charge on any atom is -0.291 e. The molecule has 0 radical (unpaired) electrons. The number of nitrogens with zero attached hydrogens (tertiary/aromatic N) is 6. The van der Waals surface area contributed by atoms with Crippen molar-refractivity contribution < 1.29 is 0 Å². The molecule has 0 spiro atoms. The molecule has 2 aromatic heterocycles. The molecular weight excluding hydrogens is 284 g/mol. The van der Waals surface area contributed by atoms with Gasteiger partial charge >= 0.3 is 0 Å². The van der Waals surface area contributed by atoms with Gasteiger partial charge in [-0.15, -0.1) is 16.4 Å². The summed E-state index contributed by atoms with van der Waals surface area (Å²) in [4.78, 5) is 8.24. The van der Waals surface area contributed by atoms with E-state index in [9.17, 15) is 0 Å². The highest BCUT2D eigenvalue weighted by Gasteiger charge is 2.20. The third-order valence-electron chi connectivity index (χ3n) is 3.65.